The highest BCUT2D eigenvalue weighted by atomic mass is 16.5. The fraction of sp³-hybridized carbons (Fsp3) is 0.533. The Bertz CT molecular complexity index is 415. The van der Waals surface area contributed by atoms with Gasteiger partial charge in [0.15, 0.2) is 0 Å². The highest BCUT2D eigenvalue weighted by Crippen LogP contribution is 2.16. The van der Waals surface area contributed by atoms with Crippen LogP contribution < -0.4 is 4.74 Å². The van der Waals surface area contributed by atoms with E-state index in [0.717, 1.165) is 11.3 Å². The highest BCUT2D eigenvalue weighted by molar-refractivity contribution is 5.70. The Morgan fingerprint density at radius 1 is 1.25 bits per heavy atom. The number of methoxy groups -OCH3 is 1. The molecule has 0 aliphatic rings. The lowest BCUT2D eigenvalue weighted by molar-refractivity contribution is -0.146. The zero-order valence-corrected chi connectivity index (χ0v) is 12.1. The summed E-state index contributed by atoms with van der Waals surface area (Å²) in [6, 6.07) is 7.51. The van der Waals surface area contributed by atoms with Crippen LogP contribution in [0.15, 0.2) is 24.3 Å². The van der Waals surface area contributed by atoms with E-state index in [1.807, 2.05) is 24.3 Å². The lowest BCUT2D eigenvalue weighted by Gasteiger charge is -2.22. The molecule has 112 valence electrons. The number of hydrogen-bond donors (Lipinski definition) is 2. The van der Waals surface area contributed by atoms with Gasteiger partial charge in [0.2, 0.25) is 0 Å². The highest BCUT2D eigenvalue weighted by Gasteiger charge is 2.26. The van der Waals surface area contributed by atoms with Gasteiger partial charge < -0.3 is 19.7 Å². The van der Waals surface area contributed by atoms with E-state index in [4.69, 9.17) is 14.6 Å². The summed E-state index contributed by atoms with van der Waals surface area (Å²) in [7, 11) is 1.61. The maximum Gasteiger partial charge on any atom is 0.308 e. The third-order valence-corrected chi connectivity index (χ3v) is 3.29. The van der Waals surface area contributed by atoms with Crippen molar-refractivity contribution in [3.8, 4) is 5.75 Å². The first-order valence-corrected chi connectivity index (χ1v) is 6.57. The Labute approximate surface area is 119 Å². The van der Waals surface area contributed by atoms with Gasteiger partial charge in [-0.05, 0) is 24.6 Å². The van der Waals surface area contributed by atoms with E-state index in [2.05, 4.69) is 0 Å². The van der Waals surface area contributed by atoms with Crippen molar-refractivity contribution < 1.29 is 24.5 Å². The van der Waals surface area contributed by atoms with Crippen molar-refractivity contribution in [3.05, 3.63) is 29.8 Å². The third-order valence-electron chi connectivity index (χ3n) is 3.29. The summed E-state index contributed by atoms with van der Waals surface area (Å²) in [5, 5.41) is 18.7. The Morgan fingerprint density at radius 2 is 1.85 bits per heavy atom. The van der Waals surface area contributed by atoms with Gasteiger partial charge in [-0.2, -0.15) is 0 Å². The first-order chi connectivity index (χ1) is 9.45. The van der Waals surface area contributed by atoms with Crippen molar-refractivity contribution in [2.45, 2.75) is 26.6 Å². The predicted molar refractivity (Wildman–Crippen MR) is 74.6 cm³/mol. The summed E-state index contributed by atoms with van der Waals surface area (Å²) in [4.78, 5) is 10.8. The number of carboxylic acid groups (broad SMARTS) is 1. The molecule has 3 atom stereocenters. The lowest BCUT2D eigenvalue weighted by atomic mass is 9.94. The molecule has 0 fully saturated rings. The number of hydrogen-bond acceptors (Lipinski definition) is 4. The summed E-state index contributed by atoms with van der Waals surface area (Å²) in [6.45, 7) is 4.00. The molecule has 0 aliphatic carbocycles. The molecular weight excluding hydrogens is 260 g/mol. The third kappa shape index (κ3) is 4.83. The van der Waals surface area contributed by atoms with E-state index in [0.29, 0.717) is 13.2 Å². The van der Waals surface area contributed by atoms with Gasteiger partial charge in [0.1, 0.15) is 5.75 Å². The molecule has 5 nitrogen and oxygen atoms in total. The maximum atomic E-state index is 10.8. The smallest absolute Gasteiger partial charge is 0.308 e. The Balaban J connectivity index is 2.37. The van der Waals surface area contributed by atoms with Crippen LogP contribution >= 0.6 is 0 Å². The first-order valence-electron chi connectivity index (χ1n) is 6.57. The summed E-state index contributed by atoms with van der Waals surface area (Å²) in [5.74, 6) is -1.25. The molecule has 2 N–H and O–H groups in total. The molecule has 0 radical (unpaired) electrons. The van der Waals surface area contributed by atoms with Gasteiger partial charge in [-0.1, -0.05) is 19.1 Å². The van der Waals surface area contributed by atoms with E-state index in [-0.39, 0.29) is 5.92 Å². The minimum atomic E-state index is -1.00. The predicted octanol–water partition coefficient (Wildman–Crippen LogP) is 1.93. The van der Waals surface area contributed by atoms with Crippen LogP contribution in [0.1, 0.15) is 19.4 Å². The Hall–Kier alpha value is -1.59. The SMILES string of the molecule is COc1ccc(COCC(C)C(O)C(C)C(=O)O)cc1. The molecule has 0 heterocycles. The van der Waals surface area contributed by atoms with Gasteiger partial charge in [-0.15, -0.1) is 0 Å². The minimum absolute atomic E-state index is 0.237. The second-order valence-corrected chi connectivity index (χ2v) is 4.96. The molecular formula is C15H22O5. The number of benzene rings is 1. The van der Waals surface area contributed by atoms with Crippen LogP contribution in [0, 0.1) is 11.8 Å². The number of carboxylic acids is 1. The topological polar surface area (TPSA) is 76.0 Å². The summed E-state index contributed by atoms with van der Waals surface area (Å²) in [6.07, 6.45) is -0.914. The quantitative estimate of drug-likeness (QED) is 0.762. The molecule has 5 heteroatoms. The van der Waals surface area contributed by atoms with Gasteiger partial charge in [-0.3, -0.25) is 4.79 Å². The molecule has 1 aromatic carbocycles. The van der Waals surface area contributed by atoms with Crippen molar-refractivity contribution in [2.24, 2.45) is 11.8 Å². The minimum Gasteiger partial charge on any atom is -0.497 e. The average Bonchev–Trinajstić information content (AvgIpc) is 2.46. The Kier molecular flexibility index (Phi) is 6.48. The van der Waals surface area contributed by atoms with Crippen LogP contribution in [0.3, 0.4) is 0 Å². The standard InChI is InChI=1S/C15H22O5/c1-10(14(16)11(2)15(17)18)8-20-9-12-4-6-13(19-3)7-5-12/h4-7,10-11,14,16H,8-9H2,1-3H3,(H,17,18). The van der Waals surface area contributed by atoms with Crippen LogP contribution in [0.4, 0.5) is 0 Å². The number of carbonyl (C=O) groups is 1. The first kappa shape index (κ1) is 16.5. The maximum absolute atomic E-state index is 10.8. The molecule has 0 saturated heterocycles. The number of aliphatic hydroxyl groups excluding tert-OH is 1. The van der Waals surface area contributed by atoms with Crippen LogP contribution in [0.2, 0.25) is 0 Å². The molecule has 0 aliphatic heterocycles. The summed E-state index contributed by atoms with van der Waals surface area (Å²) < 4.78 is 10.6. The largest absolute Gasteiger partial charge is 0.497 e. The average molecular weight is 282 g/mol. The molecule has 1 aromatic rings. The molecule has 20 heavy (non-hydrogen) atoms. The van der Waals surface area contributed by atoms with Gasteiger partial charge in [0.25, 0.3) is 0 Å². The second kappa shape index (κ2) is 7.87. The monoisotopic (exact) mass is 282 g/mol. The van der Waals surface area contributed by atoms with Crippen molar-refractivity contribution in [1.82, 2.24) is 0 Å². The van der Waals surface area contributed by atoms with E-state index < -0.39 is 18.0 Å². The van der Waals surface area contributed by atoms with Gasteiger partial charge in [-0.25, -0.2) is 0 Å². The van der Waals surface area contributed by atoms with E-state index in [9.17, 15) is 9.90 Å². The molecule has 0 amide bonds. The normalized spacial score (nSPS) is 15.4. The van der Waals surface area contributed by atoms with Crippen molar-refractivity contribution in [3.63, 3.8) is 0 Å². The van der Waals surface area contributed by atoms with Crippen LogP contribution in [-0.2, 0) is 16.1 Å². The van der Waals surface area contributed by atoms with Crippen LogP contribution in [-0.4, -0.2) is 36.0 Å². The second-order valence-electron chi connectivity index (χ2n) is 4.96. The van der Waals surface area contributed by atoms with Gasteiger partial charge >= 0.3 is 5.97 Å². The fourth-order valence-corrected chi connectivity index (χ4v) is 1.82. The zero-order chi connectivity index (χ0) is 15.1. The summed E-state index contributed by atoms with van der Waals surface area (Å²) >= 11 is 0. The van der Waals surface area contributed by atoms with E-state index in [1.165, 1.54) is 6.92 Å². The molecule has 0 saturated carbocycles. The molecule has 0 spiro atoms. The molecule has 0 bridgehead atoms. The molecule has 0 aromatic heterocycles. The van der Waals surface area contributed by atoms with Crippen molar-refractivity contribution >= 4 is 5.97 Å². The lowest BCUT2D eigenvalue weighted by Crippen LogP contribution is -2.33. The number of aliphatic hydroxyl groups is 1. The number of ether oxygens (including phenoxy) is 2. The van der Waals surface area contributed by atoms with Crippen LogP contribution in [0.25, 0.3) is 0 Å². The van der Waals surface area contributed by atoms with Gasteiger partial charge in [0, 0.05) is 5.92 Å². The zero-order valence-electron chi connectivity index (χ0n) is 12.1. The fourth-order valence-electron chi connectivity index (χ4n) is 1.82. The van der Waals surface area contributed by atoms with Crippen LogP contribution in [0.5, 0.6) is 5.75 Å². The van der Waals surface area contributed by atoms with E-state index >= 15 is 0 Å². The number of rotatable bonds is 8. The summed E-state index contributed by atoms with van der Waals surface area (Å²) in [5.41, 5.74) is 0.999. The Morgan fingerprint density at radius 3 is 2.35 bits per heavy atom. The van der Waals surface area contributed by atoms with Gasteiger partial charge in [0.05, 0.1) is 32.3 Å². The van der Waals surface area contributed by atoms with E-state index in [1.54, 1.807) is 14.0 Å². The number of aliphatic carboxylic acids is 1. The van der Waals surface area contributed by atoms with Crippen molar-refractivity contribution in [2.75, 3.05) is 13.7 Å². The van der Waals surface area contributed by atoms with Crippen molar-refractivity contribution in [1.29, 1.82) is 0 Å². The molecule has 3 unspecified atom stereocenters. The molecule has 1 rings (SSSR count).